The number of pyridine rings is 1. The average Bonchev–Trinajstić information content (AvgIpc) is 3.01. The van der Waals surface area contributed by atoms with Gasteiger partial charge in [-0.3, -0.25) is 4.98 Å². The Morgan fingerprint density at radius 1 is 0.465 bits per heavy atom. The number of rotatable bonds is 5. The van der Waals surface area contributed by atoms with E-state index >= 15 is 0 Å². The summed E-state index contributed by atoms with van der Waals surface area (Å²) in [5.74, 6) is 0. The highest BCUT2D eigenvalue weighted by molar-refractivity contribution is 8.34. The second-order valence-corrected chi connectivity index (χ2v) is 16.5. The van der Waals surface area contributed by atoms with Gasteiger partial charge < -0.3 is 0 Å². The van der Waals surface area contributed by atoms with Crippen LogP contribution in [0.25, 0.3) is 22.0 Å². The smallest absolute Gasteiger partial charge is 0.0780 e. The van der Waals surface area contributed by atoms with Crippen molar-refractivity contribution in [3.63, 3.8) is 0 Å². The SMILES string of the molecule is CC(C)(C)c1cc(-c2nccc3cc(S(c4ccccc4)(c4ccccc4)c4ccccc4)ccc23)cc(C(C)(C)C)c1. The normalized spacial score (nSPS) is 12.8. The summed E-state index contributed by atoms with van der Waals surface area (Å²) in [6, 6.07) is 49.4. The molecule has 1 nitrogen and oxygen atoms in total. The molecule has 0 unspecified atom stereocenters. The van der Waals surface area contributed by atoms with Gasteiger partial charge in [0.25, 0.3) is 0 Å². The van der Waals surface area contributed by atoms with Crippen molar-refractivity contribution in [2.45, 2.75) is 72.0 Å². The van der Waals surface area contributed by atoms with Crippen molar-refractivity contribution in [1.29, 1.82) is 0 Å². The maximum absolute atomic E-state index is 5.00. The zero-order chi connectivity index (χ0) is 30.2. The van der Waals surface area contributed by atoms with Gasteiger partial charge in [-0.15, -0.1) is 10.0 Å². The van der Waals surface area contributed by atoms with Crippen LogP contribution in [-0.2, 0) is 10.8 Å². The molecule has 0 aliphatic carbocycles. The van der Waals surface area contributed by atoms with Crippen molar-refractivity contribution < 1.29 is 0 Å². The molecule has 0 spiro atoms. The highest BCUT2D eigenvalue weighted by Gasteiger charge is 2.33. The third kappa shape index (κ3) is 5.41. The van der Waals surface area contributed by atoms with E-state index in [1.54, 1.807) is 0 Å². The third-order valence-electron chi connectivity index (χ3n) is 8.32. The molecule has 0 atom stereocenters. The lowest BCUT2D eigenvalue weighted by Gasteiger charge is -2.42. The molecule has 1 aromatic heterocycles. The molecule has 6 aromatic rings. The minimum absolute atomic E-state index is 0.0395. The Morgan fingerprint density at radius 3 is 1.37 bits per heavy atom. The van der Waals surface area contributed by atoms with Crippen LogP contribution in [0.3, 0.4) is 0 Å². The molecule has 0 saturated heterocycles. The van der Waals surface area contributed by atoms with Gasteiger partial charge >= 0.3 is 0 Å². The Bertz CT molecular complexity index is 1730. The third-order valence-corrected chi connectivity index (χ3v) is 12.2. The summed E-state index contributed by atoms with van der Waals surface area (Å²) in [6.45, 7) is 13.8. The fourth-order valence-electron chi connectivity index (χ4n) is 5.90. The Kier molecular flexibility index (Phi) is 7.52. The highest BCUT2D eigenvalue weighted by atomic mass is 32.3. The van der Waals surface area contributed by atoms with Crippen LogP contribution < -0.4 is 0 Å². The minimum Gasteiger partial charge on any atom is -0.256 e. The number of nitrogens with zero attached hydrogens (tertiary/aromatic N) is 1. The Morgan fingerprint density at radius 2 is 0.930 bits per heavy atom. The van der Waals surface area contributed by atoms with E-state index in [-0.39, 0.29) is 10.8 Å². The Hall–Kier alpha value is -4.14. The van der Waals surface area contributed by atoms with Crippen LogP contribution in [0.1, 0.15) is 52.7 Å². The summed E-state index contributed by atoms with van der Waals surface area (Å²) in [5, 5.41) is 2.39. The molecular formula is C41H41NS. The van der Waals surface area contributed by atoms with E-state index in [0.717, 1.165) is 5.69 Å². The van der Waals surface area contributed by atoms with Gasteiger partial charge in [-0.05, 0) is 94.1 Å². The maximum Gasteiger partial charge on any atom is 0.0780 e. The molecule has 0 N–H and O–H groups in total. The summed E-state index contributed by atoms with van der Waals surface area (Å²) in [6.07, 6.45) is 1.98. The zero-order valence-corrected chi connectivity index (χ0v) is 27.0. The van der Waals surface area contributed by atoms with Gasteiger partial charge in [0.2, 0.25) is 0 Å². The summed E-state index contributed by atoms with van der Waals surface area (Å²) in [5.41, 5.74) is 4.98. The van der Waals surface area contributed by atoms with Crippen LogP contribution in [0.2, 0.25) is 0 Å². The monoisotopic (exact) mass is 579 g/mol. The molecule has 2 heteroatoms. The minimum atomic E-state index is -1.75. The molecule has 6 rings (SSSR count). The van der Waals surface area contributed by atoms with E-state index in [1.165, 1.54) is 47.0 Å². The molecule has 0 aliphatic rings. The van der Waals surface area contributed by atoms with Gasteiger partial charge in [-0.1, -0.05) is 108 Å². The lowest BCUT2D eigenvalue weighted by Crippen LogP contribution is -2.16. The molecule has 0 bridgehead atoms. The van der Waals surface area contributed by atoms with Gasteiger partial charge in [0.05, 0.1) is 5.69 Å². The topological polar surface area (TPSA) is 12.9 Å². The summed E-state index contributed by atoms with van der Waals surface area (Å²) < 4.78 is 0. The fourth-order valence-corrected chi connectivity index (χ4v) is 9.80. The molecule has 0 saturated carbocycles. The first kappa shape index (κ1) is 29.0. The molecule has 5 aromatic carbocycles. The quantitative estimate of drug-likeness (QED) is 0.198. The van der Waals surface area contributed by atoms with E-state index in [2.05, 4.69) is 175 Å². The van der Waals surface area contributed by atoms with E-state index in [1.807, 2.05) is 6.20 Å². The van der Waals surface area contributed by atoms with Crippen molar-refractivity contribution in [2.75, 3.05) is 0 Å². The van der Waals surface area contributed by atoms with Crippen molar-refractivity contribution in [2.24, 2.45) is 0 Å². The van der Waals surface area contributed by atoms with E-state index in [0.29, 0.717) is 0 Å². The van der Waals surface area contributed by atoms with Crippen molar-refractivity contribution in [1.82, 2.24) is 4.98 Å². The largest absolute Gasteiger partial charge is 0.256 e. The number of aromatic nitrogens is 1. The van der Waals surface area contributed by atoms with E-state index in [9.17, 15) is 0 Å². The molecule has 0 aliphatic heterocycles. The Labute approximate surface area is 259 Å². The lowest BCUT2D eigenvalue weighted by atomic mass is 9.79. The van der Waals surface area contributed by atoms with Crippen molar-refractivity contribution in [3.8, 4) is 11.3 Å². The van der Waals surface area contributed by atoms with Crippen molar-refractivity contribution in [3.05, 3.63) is 151 Å². The first-order valence-electron chi connectivity index (χ1n) is 15.1. The van der Waals surface area contributed by atoms with Gasteiger partial charge in [0, 0.05) is 36.7 Å². The molecule has 43 heavy (non-hydrogen) atoms. The predicted octanol–water partition coefficient (Wildman–Crippen LogP) is 11.8. The molecular weight excluding hydrogens is 539 g/mol. The first-order chi connectivity index (χ1) is 20.6. The van der Waals surface area contributed by atoms with Gasteiger partial charge in [0.15, 0.2) is 0 Å². The molecule has 0 fully saturated rings. The number of hydrogen-bond donors (Lipinski definition) is 0. The van der Waals surface area contributed by atoms with Gasteiger partial charge in [-0.25, -0.2) is 0 Å². The lowest BCUT2D eigenvalue weighted by molar-refractivity contribution is 0.569. The molecule has 0 amide bonds. The molecule has 1 heterocycles. The maximum atomic E-state index is 5.00. The van der Waals surface area contributed by atoms with Crippen molar-refractivity contribution >= 4 is 20.8 Å². The summed E-state index contributed by atoms with van der Waals surface area (Å²) in [4.78, 5) is 10.3. The summed E-state index contributed by atoms with van der Waals surface area (Å²) >= 11 is 0. The number of hydrogen-bond acceptors (Lipinski definition) is 1. The second kappa shape index (κ2) is 11.2. The molecule has 0 radical (unpaired) electrons. The van der Waals surface area contributed by atoms with Crippen LogP contribution in [0.4, 0.5) is 0 Å². The Balaban J connectivity index is 1.63. The molecule has 216 valence electrons. The number of fused-ring (bicyclic) bond motifs is 1. The fraction of sp³-hybridized carbons (Fsp3) is 0.195. The first-order valence-corrected chi connectivity index (χ1v) is 16.8. The highest BCUT2D eigenvalue weighted by Crippen LogP contribution is 2.73. The van der Waals surface area contributed by atoms with Crippen LogP contribution in [0.15, 0.2) is 159 Å². The predicted molar refractivity (Wildman–Crippen MR) is 185 cm³/mol. The van der Waals surface area contributed by atoms with Gasteiger partial charge in [0.1, 0.15) is 0 Å². The van der Waals surface area contributed by atoms with Crippen LogP contribution >= 0.6 is 10.0 Å². The van der Waals surface area contributed by atoms with Crippen LogP contribution in [0.5, 0.6) is 0 Å². The summed E-state index contributed by atoms with van der Waals surface area (Å²) in [7, 11) is -1.75. The number of benzene rings is 5. The van der Waals surface area contributed by atoms with E-state index < -0.39 is 10.0 Å². The average molecular weight is 580 g/mol. The van der Waals surface area contributed by atoms with E-state index in [4.69, 9.17) is 4.98 Å². The van der Waals surface area contributed by atoms with Crippen LogP contribution in [-0.4, -0.2) is 4.98 Å². The van der Waals surface area contributed by atoms with Crippen LogP contribution in [0, 0.1) is 0 Å². The van der Waals surface area contributed by atoms with Gasteiger partial charge in [-0.2, -0.15) is 0 Å². The standard InChI is InChI=1S/C41H41NS/c1-40(2,3)32-26-31(27-33(29-32)41(4,5)6)39-38-23-22-37(28-30(38)24-25-42-39)43(34-16-10-7-11-17-34,35-18-12-8-13-19-35)36-20-14-9-15-21-36/h7-29H,1-6H3. The zero-order valence-electron chi connectivity index (χ0n) is 26.1. The second-order valence-electron chi connectivity index (χ2n) is 13.4.